The maximum absolute atomic E-state index is 9.41. The van der Waals surface area contributed by atoms with Crippen LogP contribution in [-0.4, -0.2) is 31.5 Å². The molecule has 0 bridgehead atoms. The summed E-state index contributed by atoms with van der Waals surface area (Å²) < 4.78 is 5.78. The van der Waals surface area contributed by atoms with E-state index in [0.717, 1.165) is 10.0 Å². The largest absolute Gasteiger partial charge is 0.389 e. The van der Waals surface area contributed by atoms with Crippen LogP contribution in [-0.2, 0) is 11.3 Å². The van der Waals surface area contributed by atoms with E-state index in [2.05, 4.69) is 21.2 Å². The van der Waals surface area contributed by atoms with Gasteiger partial charge < -0.3 is 15.2 Å². The molecular weight excluding hydrogens is 293 g/mol. The number of nitrogens with one attached hydrogen (secondary N) is 1. The Bertz CT molecular complexity index is 336. The summed E-state index contributed by atoms with van der Waals surface area (Å²) in [6.45, 7) is 1.45. The van der Waals surface area contributed by atoms with Crippen molar-refractivity contribution in [3.8, 4) is 0 Å². The van der Waals surface area contributed by atoms with Gasteiger partial charge >= 0.3 is 0 Å². The maximum atomic E-state index is 9.41. The summed E-state index contributed by atoms with van der Waals surface area (Å²) in [4.78, 5) is 0. The number of hydrogen-bond acceptors (Lipinski definition) is 3. The highest BCUT2D eigenvalue weighted by Crippen LogP contribution is 2.20. The van der Waals surface area contributed by atoms with Crippen LogP contribution in [0.15, 0.2) is 22.7 Å². The molecule has 0 aromatic heterocycles. The zero-order valence-electron chi connectivity index (χ0n) is 9.04. The smallest absolute Gasteiger partial charge is 0.0897 e. The van der Waals surface area contributed by atoms with E-state index < -0.39 is 6.10 Å². The van der Waals surface area contributed by atoms with Crippen LogP contribution >= 0.6 is 27.5 Å². The summed E-state index contributed by atoms with van der Waals surface area (Å²) in [5.74, 6) is 0. The van der Waals surface area contributed by atoms with E-state index in [1.54, 1.807) is 7.11 Å². The van der Waals surface area contributed by atoms with Crippen molar-refractivity contribution in [2.24, 2.45) is 0 Å². The number of aliphatic hydroxyl groups excluding tert-OH is 1. The first-order valence-electron chi connectivity index (χ1n) is 4.95. The van der Waals surface area contributed by atoms with E-state index in [4.69, 9.17) is 16.3 Å². The molecule has 1 rings (SSSR count). The Morgan fingerprint density at radius 2 is 2.31 bits per heavy atom. The van der Waals surface area contributed by atoms with Crippen LogP contribution in [0, 0.1) is 0 Å². The molecule has 1 atom stereocenters. The molecule has 1 aromatic carbocycles. The molecule has 5 heteroatoms. The van der Waals surface area contributed by atoms with Gasteiger partial charge in [0.05, 0.1) is 12.7 Å². The summed E-state index contributed by atoms with van der Waals surface area (Å²) in [5.41, 5.74) is 1.01. The lowest BCUT2D eigenvalue weighted by atomic mass is 10.2. The van der Waals surface area contributed by atoms with E-state index in [9.17, 15) is 5.11 Å². The molecule has 16 heavy (non-hydrogen) atoms. The lowest BCUT2D eigenvalue weighted by Crippen LogP contribution is -2.29. The third-order valence-corrected chi connectivity index (χ3v) is 2.91. The molecule has 0 aliphatic rings. The second-order valence-corrected chi connectivity index (χ2v) is 4.80. The molecule has 0 spiro atoms. The van der Waals surface area contributed by atoms with Gasteiger partial charge in [0.15, 0.2) is 0 Å². The van der Waals surface area contributed by atoms with Crippen molar-refractivity contribution < 1.29 is 9.84 Å². The molecule has 3 nitrogen and oxygen atoms in total. The average molecular weight is 309 g/mol. The lowest BCUT2D eigenvalue weighted by molar-refractivity contribution is 0.0644. The van der Waals surface area contributed by atoms with Gasteiger partial charge in [-0.2, -0.15) is 0 Å². The molecule has 90 valence electrons. The van der Waals surface area contributed by atoms with E-state index in [-0.39, 0.29) is 0 Å². The number of halogens is 2. The molecular formula is C11H15BrClNO2. The third kappa shape index (κ3) is 4.80. The van der Waals surface area contributed by atoms with Gasteiger partial charge in [0.2, 0.25) is 0 Å². The summed E-state index contributed by atoms with van der Waals surface area (Å²) >= 11 is 9.40. The number of aliphatic hydroxyl groups is 1. The minimum atomic E-state index is -0.487. The normalized spacial score (nSPS) is 12.8. The zero-order valence-corrected chi connectivity index (χ0v) is 11.4. The van der Waals surface area contributed by atoms with Gasteiger partial charge in [-0.3, -0.25) is 0 Å². The fraction of sp³-hybridized carbons (Fsp3) is 0.455. The number of ether oxygens (including phenoxy) is 1. The van der Waals surface area contributed by atoms with E-state index in [0.29, 0.717) is 24.7 Å². The predicted octanol–water partition coefficient (Wildman–Crippen LogP) is 2.20. The Labute approximate surface area is 109 Å². The molecule has 0 saturated heterocycles. The molecule has 0 saturated carbocycles. The zero-order chi connectivity index (χ0) is 12.0. The maximum Gasteiger partial charge on any atom is 0.0897 e. The van der Waals surface area contributed by atoms with Crippen molar-refractivity contribution in [1.82, 2.24) is 5.32 Å². The van der Waals surface area contributed by atoms with E-state index in [1.807, 2.05) is 18.2 Å². The first kappa shape index (κ1) is 13.9. The van der Waals surface area contributed by atoms with Crippen molar-refractivity contribution in [3.63, 3.8) is 0 Å². The van der Waals surface area contributed by atoms with Crippen LogP contribution in [0.2, 0.25) is 5.02 Å². The predicted molar refractivity (Wildman–Crippen MR) is 68.7 cm³/mol. The molecule has 1 unspecified atom stereocenters. The molecule has 0 fully saturated rings. The van der Waals surface area contributed by atoms with Crippen LogP contribution in [0.5, 0.6) is 0 Å². The number of methoxy groups -OCH3 is 1. The molecule has 0 aliphatic heterocycles. The highest BCUT2D eigenvalue weighted by Gasteiger charge is 2.04. The van der Waals surface area contributed by atoms with E-state index >= 15 is 0 Å². The number of benzene rings is 1. The van der Waals surface area contributed by atoms with Crippen LogP contribution in [0.4, 0.5) is 0 Å². The standard InChI is InChI=1S/C11H15BrClNO2/c1-16-7-10(15)6-14-5-8-2-3-9(12)4-11(8)13/h2-4,10,14-15H,5-7H2,1H3. The van der Waals surface area contributed by atoms with Crippen LogP contribution in [0.3, 0.4) is 0 Å². The topological polar surface area (TPSA) is 41.5 Å². The molecule has 0 heterocycles. The van der Waals surface area contributed by atoms with Gasteiger partial charge in [0.25, 0.3) is 0 Å². The second-order valence-electron chi connectivity index (χ2n) is 3.48. The van der Waals surface area contributed by atoms with E-state index in [1.165, 1.54) is 0 Å². The second kappa shape index (κ2) is 7.25. The quantitative estimate of drug-likeness (QED) is 0.846. The van der Waals surface area contributed by atoms with Crippen LogP contribution in [0.25, 0.3) is 0 Å². The first-order chi connectivity index (χ1) is 7.63. The van der Waals surface area contributed by atoms with Crippen LogP contribution < -0.4 is 5.32 Å². The Kier molecular flexibility index (Phi) is 6.31. The van der Waals surface area contributed by atoms with Crippen molar-refractivity contribution in [2.75, 3.05) is 20.3 Å². The lowest BCUT2D eigenvalue weighted by Gasteiger charge is -2.11. The minimum Gasteiger partial charge on any atom is -0.389 e. The molecule has 0 radical (unpaired) electrons. The Morgan fingerprint density at radius 1 is 1.56 bits per heavy atom. The SMILES string of the molecule is COCC(O)CNCc1ccc(Br)cc1Cl. The Morgan fingerprint density at radius 3 is 2.94 bits per heavy atom. The fourth-order valence-electron chi connectivity index (χ4n) is 1.29. The highest BCUT2D eigenvalue weighted by atomic mass is 79.9. The van der Waals surface area contributed by atoms with Gasteiger partial charge in [0, 0.05) is 29.7 Å². The molecule has 0 aliphatic carbocycles. The summed E-state index contributed by atoms with van der Waals surface area (Å²) in [7, 11) is 1.56. The van der Waals surface area contributed by atoms with Gasteiger partial charge in [-0.05, 0) is 17.7 Å². The van der Waals surface area contributed by atoms with Crippen molar-refractivity contribution >= 4 is 27.5 Å². The molecule has 0 amide bonds. The minimum absolute atomic E-state index is 0.334. The Hall–Kier alpha value is -0.130. The molecule has 1 aromatic rings. The monoisotopic (exact) mass is 307 g/mol. The van der Waals surface area contributed by atoms with Gasteiger partial charge in [-0.15, -0.1) is 0 Å². The van der Waals surface area contributed by atoms with Gasteiger partial charge in [-0.25, -0.2) is 0 Å². The third-order valence-electron chi connectivity index (χ3n) is 2.07. The molecule has 2 N–H and O–H groups in total. The Balaban J connectivity index is 2.37. The van der Waals surface area contributed by atoms with Gasteiger partial charge in [-0.1, -0.05) is 33.6 Å². The average Bonchev–Trinajstić information content (AvgIpc) is 2.22. The van der Waals surface area contributed by atoms with Gasteiger partial charge in [0.1, 0.15) is 0 Å². The van der Waals surface area contributed by atoms with Crippen molar-refractivity contribution in [2.45, 2.75) is 12.6 Å². The number of rotatable bonds is 6. The highest BCUT2D eigenvalue weighted by molar-refractivity contribution is 9.10. The van der Waals surface area contributed by atoms with Crippen molar-refractivity contribution in [3.05, 3.63) is 33.3 Å². The fourth-order valence-corrected chi connectivity index (χ4v) is 2.03. The summed E-state index contributed by atoms with van der Waals surface area (Å²) in [6, 6.07) is 5.74. The first-order valence-corrected chi connectivity index (χ1v) is 6.12. The summed E-state index contributed by atoms with van der Waals surface area (Å²) in [5, 5.41) is 13.2. The van der Waals surface area contributed by atoms with Crippen molar-refractivity contribution in [1.29, 1.82) is 0 Å². The number of hydrogen-bond donors (Lipinski definition) is 2. The van der Waals surface area contributed by atoms with Crippen LogP contribution in [0.1, 0.15) is 5.56 Å². The summed E-state index contributed by atoms with van der Waals surface area (Å²) in [6.07, 6.45) is -0.487.